The highest BCUT2D eigenvalue weighted by Crippen LogP contribution is 2.56. The molecular formula is C24H31N5O. The highest BCUT2D eigenvalue weighted by Gasteiger charge is 2.46. The predicted molar refractivity (Wildman–Crippen MR) is 119 cm³/mol. The third-order valence-electron chi connectivity index (χ3n) is 6.60. The van der Waals surface area contributed by atoms with E-state index in [0.717, 1.165) is 17.3 Å². The number of aromatic amines is 1. The standard InChI is InChI=1S/C24H31N5O/c1-24(8-9-24)21(18-5-4-10-25-14-18)13-23(30)26-16-20(29(2)3)12-17-6-7-22-19(11-17)15-27-28-22/h4-7,10-11,14-15,20-21H,8-9,12-13,16H2,1-3H3,(H,26,30)(H,27,28). The van der Waals surface area contributed by atoms with Crippen molar-refractivity contribution in [2.75, 3.05) is 20.6 Å². The molecule has 3 aromatic rings. The quantitative estimate of drug-likeness (QED) is 0.571. The molecular weight excluding hydrogens is 374 g/mol. The Balaban J connectivity index is 1.37. The molecule has 0 saturated heterocycles. The maximum atomic E-state index is 12.9. The summed E-state index contributed by atoms with van der Waals surface area (Å²) in [6.45, 7) is 2.91. The molecule has 1 saturated carbocycles. The van der Waals surface area contributed by atoms with E-state index < -0.39 is 0 Å². The third-order valence-corrected chi connectivity index (χ3v) is 6.60. The molecule has 158 valence electrons. The van der Waals surface area contributed by atoms with Gasteiger partial charge in [0.15, 0.2) is 0 Å². The second-order valence-corrected chi connectivity index (χ2v) is 9.11. The van der Waals surface area contributed by atoms with Gasteiger partial charge in [0, 0.05) is 36.8 Å². The van der Waals surface area contributed by atoms with E-state index in [2.05, 4.69) is 70.7 Å². The van der Waals surface area contributed by atoms with Crippen molar-refractivity contribution in [2.24, 2.45) is 5.41 Å². The van der Waals surface area contributed by atoms with Crippen LogP contribution in [-0.4, -0.2) is 52.7 Å². The van der Waals surface area contributed by atoms with Crippen LogP contribution in [0, 0.1) is 5.41 Å². The molecule has 0 bridgehead atoms. The molecule has 1 aromatic carbocycles. The number of hydrogen-bond acceptors (Lipinski definition) is 4. The molecule has 2 heterocycles. The van der Waals surface area contributed by atoms with Crippen molar-refractivity contribution >= 4 is 16.8 Å². The molecule has 0 aliphatic heterocycles. The number of H-pyrrole nitrogens is 1. The van der Waals surface area contributed by atoms with Crippen LogP contribution in [0.3, 0.4) is 0 Å². The number of nitrogens with one attached hydrogen (secondary N) is 2. The SMILES string of the molecule is CN(C)C(CNC(=O)CC(c1cccnc1)C1(C)CC1)Cc1ccc2[nH]ncc2c1. The number of pyridine rings is 1. The number of aromatic nitrogens is 3. The van der Waals surface area contributed by atoms with Gasteiger partial charge in [0.05, 0.1) is 11.7 Å². The molecule has 2 atom stereocenters. The zero-order valence-corrected chi connectivity index (χ0v) is 18.1. The maximum Gasteiger partial charge on any atom is 0.220 e. The zero-order valence-electron chi connectivity index (χ0n) is 18.1. The predicted octanol–water partition coefficient (Wildman–Crippen LogP) is 3.52. The first-order valence-corrected chi connectivity index (χ1v) is 10.7. The third kappa shape index (κ3) is 4.70. The molecule has 0 radical (unpaired) electrons. The molecule has 1 aliphatic carbocycles. The molecule has 6 nitrogen and oxygen atoms in total. The highest BCUT2D eigenvalue weighted by molar-refractivity contribution is 5.78. The van der Waals surface area contributed by atoms with Crippen LogP contribution < -0.4 is 5.32 Å². The van der Waals surface area contributed by atoms with Gasteiger partial charge in [-0.2, -0.15) is 5.10 Å². The maximum absolute atomic E-state index is 12.9. The van der Waals surface area contributed by atoms with Crippen molar-refractivity contribution in [2.45, 2.75) is 44.6 Å². The lowest BCUT2D eigenvalue weighted by Gasteiger charge is -2.27. The zero-order chi connectivity index (χ0) is 21.1. The van der Waals surface area contributed by atoms with Gasteiger partial charge in [-0.25, -0.2) is 0 Å². The van der Waals surface area contributed by atoms with Crippen LogP contribution in [0.1, 0.15) is 43.2 Å². The van der Waals surface area contributed by atoms with Gasteiger partial charge in [0.2, 0.25) is 5.91 Å². The lowest BCUT2D eigenvalue weighted by Crippen LogP contribution is -2.42. The molecule has 30 heavy (non-hydrogen) atoms. The van der Waals surface area contributed by atoms with Crippen molar-refractivity contribution in [1.82, 2.24) is 25.4 Å². The summed E-state index contributed by atoms with van der Waals surface area (Å²) in [5, 5.41) is 11.4. The van der Waals surface area contributed by atoms with E-state index in [1.807, 2.05) is 18.5 Å². The van der Waals surface area contributed by atoms with E-state index in [-0.39, 0.29) is 23.3 Å². The first kappa shape index (κ1) is 20.5. The van der Waals surface area contributed by atoms with Gasteiger partial charge >= 0.3 is 0 Å². The molecule has 1 fully saturated rings. The fraction of sp³-hybridized carbons (Fsp3) is 0.458. The Kier molecular flexibility index (Phi) is 5.86. The largest absolute Gasteiger partial charge is 0.355 e. The first-order chi connectivity index (χ1) is 14.4. The molecule has 2 N–H and O–H groups in total. The van der Waals surface area contributed by atoms with E-state index in [9.17, 15) is 4.79 Å². The summed E-state index contributed by atoms with van der Waals surface area (Å²) in [5.74, 6) is 0.349. The van der Waals surface area contributed by atoms with Gasteiger partial charge in [0.25, 0.3) is 0 Å². The van der Waals surface area contributed by atoms with E-state index in [0.29, 0.717) is 13.0 Å². The average Bonchev–Trinajstić information content (AvgIpc) is 3.31. The monoisotopic (exact) mass is 405 g/mol. The van der Waals surface area contributed by atoms with Crippen molar-refractivity contribution in [3.63, 3.8) is 0 Å². The molecule has 0 spiro atoms. The smallest absolute Gasteiger partial charge is 0.220 e. The fourth-order valence-electron chi connectivity index (χ4n) is 4.21. The van der Waals surface area contributed by atoms with Crippen molar-refractivity contribution < 1.29 is 4.79 Å². The number of fused-ring (bicyclic) bond motifs is 1. The van der Waals surface area contributed by atoms with E-state index in [4.69, 9.17) is 0 Å². The van der Waals surface area contributed by atoms with Crippen molar-refractivity contribution in [3.05, 3.63) is 60.0 Å². The lowest BCUT2D eigenvalue weighted by molar-refractivity contribution is -0.122. The fourth-order valence-corrected chi connectivity index (χ4v) is 4.21. The van der Waals surface area contributed by atoms with Crippen LogP contribution in [0.5, 0.6) is 0 Å². The topological polar surface area (TPSA) is 73.9 Å². The summed E-state index contributed by atoms with van der Waals surface area (Å²) < 4.78 is 0. The number of amides is 1. The highest BCUT2D eigenvalue weighted by atomic mass is 16.1. The summed E-state index contributed by atoms with van der Waals surface area (Å²) in [4.78, 5) is 19.3. The Morgan fingerprint density at radius 3 is 2.80 bits per heavy atom. The number of nitrogens with zero attached hydrogens (tertiary/aromatic N) is 3. The molecule has 6 heteroatoms. The van der Waals surface area contributed by atoms with Crippen LogP contribution in [0.2, 0.25) is 0 Å². The Morgan fingerprint density at radius 1 is 1.27 bits per heavy atom. The summed E-state index contributed by atoms with van der Waals surface area (Å²) >= 11 is 0. The van der Waals surface area contributed by atoms with Crippen molar-refractivity contribution in [3.8, 4) is 0 Å². The van der Waals surface area contributed by atoms with Gasteiger partial charge in [-0.15, -0.1) is 0 Å². The molecule has 2 aromatic heterocycles. The number of likely N-dealkylation sites (N-methyl/N-ethyl adjacent to an activating group) is 1. The second kappa shape index (κ2) is 8.56. The van der Waals surface area contributed by atoms with Gasteiger partial charge in [-0.1, -0.05) is 19.1 Å². The lowest BCUT2D eigenvalue weighted by atomic mass is 9.82. The minimum Gasteiger partial charge on any atom is -0.355 e. The molecule has 2 unspecified atom stereocenters. The molecule has 1 aliphatic rings. The van der Waals surface area contributed by atoms with Gasteiger partial charge in [-0.3, -0.25) is 14.9 Å². The molecule has 1 amide bonds. The Bertz CT molecular complexity index is 993. The first-order valence-electron chi connectivity index (χ1n) is 10.7. The van der Waals surface area contributed by atoms with Gasteiger partial charge in [0.1, 0.15) is 0 Å². The molecule has 4 rings (SSSR count). The summed E-state index contributed by atoms with van der Waals surface area (Å²) in [6.07, 6.45) is 9.30. The number of benzene rings is 1. The summed E-state index contributed by atoms with van der Waals surface area (Å²) in [6, 6.07) is 10.7. The average molecular weight is 406 g/mol. The second-order valence-electron chi connectivity index (χ2n) is 9.11. The van der Waals surface area contributed by atoms with Crippen LogP contribution in [-0.2, 0) is 11.2 Å². The Morgan fingerprint density at radius 2 is 2.10 bits per heavy atom. The van der Waals surface area contributed by atoms with Crippen LogP contribution in [0.4, 0.5) is 0 Å². The minimum atomic E-state index is 0.120. The van der Waals surface area contributed by atoms with E-state index in [1.54, 1.807) is 6.20 Å². The number of carbonyl (C=O) groups is 1. The number of carbonyl (C=O) groups excluding carboxylic acids is 1. The van der Waals surface area contributed by atoms with Crippen molar-refractivity contribution in [1.29, 1.82) is 0 Å². The van der Waals surface area contributed by atoms with Crippen LogP contribution in [0.25, 0.3) is 10.9 Å². The summed E-state index contributed by atoms with van der Waals surface area (Å²) in [7, 11) is 4.13. The minimum absolute atomic E-state index is 0.120. The van der Waals surface area contributed by atoms with E-state index >= 15 is 0 Å². The van der Waals surface area contributed by atoms with Gasteiger partial charge < -0.3 is 10.2 Å². The Labute approximate surface area is 178 Å². The van der Waals surface area contributed by atoms with Crippen LogP contribution in [0.15, 0.2) is 48.9 Å². The normalized spacial score (nSPS) is 17.1. The van der Waals surface area contributed by atoms with Gasteiger partial charge in [-0.05, 0) is 74.0 Å². The van der Waals surface area contributed by atoms with Crippen LogP contribution >= 0.6 is 0 Å². The Hall–Kier alpha value is -2.73. The number of rotatable bonds is 9. The summed E-state index contributed by atoms with van der Waals surface area (Å²) in [5.41, 5.74) is 3.69. The van der Waals surface area contributed by atoms with E-state index in [1.165, 1.54) is 24.0 Å². The number of hydrogen-bond donors (Lipinski definition) is 2.